The average Bonchev–Trinajstić information content (AvgIpc) is 3.03. The summed E-state index contributed by atoms with van der Waals surface area (Å²) in [7, 11) is 0. The van der Waals surface area contributed by atoms with E-state index in [9.17, 15) is 14.0 Å². The van der Waals surface area contributed by atoms with E-state index in [4.69, 9.17) is 16.3 Å². The molecule has 1 saturated heterocycles. The Balaban J connectivity index is 1.41. The molecule has 0 unspecified atom stereocenters. The molecule has 1 heterocycles. The number of carbonyl (C=O) groups is 2. The molecule has 3 aromatic carbocycles. The molecule has 4 rings (SSSR count). The molecule has 2 amide bonds. The number of halogens is 2. The third-order valence-electron chi connectivity index (χ3n) is 4.66. The molecule has 3 aromatic rings. The highest BCUT2D eigenvalue weighted by Crippen LogP contribution is 2.33. The summed E-state index contributed by atoms with van der Waals surface area (Å²) in [5.41, 5.74) is 2.06. The molecule has 7 heteroatoms. The Morgan fingerprint density at radius 2 is 1.68 bits per heavy atom. The number of thioether (sulfide) groups is 1. The molecular formula is C24H17ClFNO3S. The number of hydrogen-bond donors (Lipinski definition) is 0. The number of benzene rings is 3. The highest BCUT2D eigenvalue weighted by atomic mass is 35.5. The SMILES string of the molecule is O=C1S/C(=C/c2ccc(OCc3ccc(Cl)cc3)cc2)C(=O)N1Cc1ccccc1F. The van der Waals surface area contributed by atoms with Crippen molar-refractivity contribution in [1.29, 1.82) is 0 Å². The van der Waals surface area contributed by atoms with Crippen LogP contribution in [-0.2, 0) is 17.9 Å². The van der Waals surface area contributed by atoms with Gasteiger partial charge < -0.3 is 4.74 Å². The zero-order valence-corrected chi connectivity index (χ0v) is 17.8. The Labute approximate surface area is 188 Å². The van der Waals surface area contributed by atoms with E-state index in [1.54, 1.807) is 36.4 Å². The molecule has 0 aliphatic carbocycles. The zero-order chi connectivity index (χ0) is 21.8. The average molecular weight is 454 g/mol. The van der Waals surface area contributed by atoms with E-state index >= 15 is 0 Å². The van der Waals surface area contributed by atoms with Crippen molar-refractivity contribution in [2.75, 3.05) is 0 Å². The molecule has 1 fully saturated rings. The number of rotatable bonds is 6. The lowest BCUT2D eigenvalue weighted by molar-refractivity contribution is -0.123. The monoisotopic (exact) mass is 453 g/mol. The first-order valence-electron chi connectivity index (χ1n) is 9.46. The van der Waals surface area contributed by atoms with E-state index < -0.39 is 17.0 Å². The lowest BCUT2D eigenvalue weighted by Crippen LogP contribution is -2.27. The van der Waals surface area contributed by atoms with Crippen molar-refractivity contribution in [2.24, 2.45) is 0 Å². The summed E-state index contributed by atoms with van der Waals surface area (Å²) in [6.07, 6.45) is 1.65. The number of nitrogens with zero attached hydrogens (tertiary/aromatic N) is 1. The molecule has 4 nitrogen and oxygen atoms in total. The van der Waals surface area contributed by atoms with Gasteiger partial charge in [0.1, 0.15) is 18.2 Å². The van der Waals surface area contributed by atoms with Crippen molar-refractivity contribution in [1.82, 2.24) is 4.90 Å². The lowest BCUT2D eigenvalue weighted by Gasteiger charge is -2.12. The summed E-state index contributed by atoms with van der Waals surface area (Å²) < 4.78 is 19.6. The van der Waals surface area contributed by atoms with Gasteiger partial charge in [0.15, 0.2) is 0 Å². The van der Waals surface area contributed by atoms with Gasteiger partial charge in [-0.15, -0.1) is 0 Å². The third kappa shape index (κ3) is 5.16. The van der Waals surface area contributed by atoms with Gasteiger partial charge in [0, 0.05) is 10.6 Å². The summed E-state index contributed by atoms with van der Waals surface area (Å²) >= 11 is 6.73. The molecule has 1 aliphatic rings. The zero-order valence-electron chi connectivity index (χ0n) is 16.3. The van der Waals surface area contributed by atoms with E-state index in [2.05, 4.69) is 0 Å². The molecule has 0 spiro atoms. The number of carbonyl (C=O) groups excluding carboxylic acids is 2. The summed E-state index contributed by atoms with van der Waals surface area (Å²) in [5, 5.41) is 0.258. The smallest absolute Gasteiger partial charge is 0.293 e. The predicted molar refractivity (Wildman–Crippen MR) is 120 cm³/mol. The number of ether oxygens (including phenoxy) is 1. The summed E-state index contributed by atoms with van der Waals surface area (Å²) in [4.78, 5) is 26.3. The van der Waals surface area contributed by atoms with Gasteiger partial charge in [0.05, 0.1) is 11.4 Å². The van der Waals surface area contributed by atoms with Crippen LogP contribution in [0.4, 0.5) is 9.18 Å². The Morgan fingerprint density at radius 1 is 0.968 bits per heavy atom. The van der Waals surface area contributed by atoms with Crippen molar-refractivity contribution in [3.63, 3.8) is 0 Å². The van der Waals surface area contributed by atoms with E-state index in [1.165, 1.54) is 6.07 Å². The van der Waals surface area contributed by atoms with Crippen LogP contribution in [0.15, 0.2) is 77.7 Å². The quantitative estimate of drug-likeness (QED) is 0.411. The Kier molecular flexibility index (Phi) is 6.39. The van der Waals surface area contributed by atoms with E-state index in [-0.39, 0.29) is 6.54 Å². The van der Waals surface area contributed by atoms with Crippen LogP contribution in [0, 0.1) is 5.82 Å². The second-order valence-electron chi connectivity index (χ2n) is 6.84. The van der Waals surface area contributed by atoms with Crippen LogP contribution in [0.3, 0.4) is 0 Å². The molecule has 1 aliphatic heterocycles. The molecule has 156 valence electrons. The number of imide groups is 1. The lowest BCUT2D eigenvalue weighted by atomic mass is 10.2. The Bertz CT molecular complexity index is 1150. The van der Waals surface area contributed by atoms with Crippen LogP contribution in [0.5, 0.6) is 5.75 Å². The van der Waals surface area contributed by atoms with Gasteiger partial charge in [-0.05, 0) is 59.3 Å². The minimum absolute atomic E-state index is 0.0911. The van der Waals surface area contributed by atoms with Crippen LogP contribution >= 0.6 is 23.4 Å². The Morgan fingerprint density at radius 3 is 2.39 bits per heavy atom. The topological polar surface area (TPSA) is 46.6 Å². The standard InChI is InChI=1S/C24H17ClFNO3S/c25-19-9-5-17(6-10-19)15-30-20-11-7-16(8-12-20)13-22-23(28)27(24(29)31-22)14-18-3-1-2-4-21(18)26/h1-13H,14-15H2/b22-13+. The fourth-order valence-corrected chi connectivity index (χ4v) is 3.96. The molecule has 0 radical (unpaired) electrons. The molecule has 0 saturated carbocycles. The first-order chi connectivity index (χ1) is 15.0. The highest BCUT2D eigenvalue weighted by Gasteiger charge is 2.35. The second-order valence-corrected chi connectivity index (χ2v) is 8.27. The molecule has 0 atom stereocenters. The summed E-state index contributed by atoms with van der Waals surface area (Å²) in [6.45, 7) is 0.317. The van der Waals surface area contributed by atoms with Crippen molar-refractivity contribution in [2.45, 2.75) is 13.2 Å². The predicted octanol–water partition coefficient (Wildman–Crippen LogP) is 6.29. The Hall–Kier alpha value is -3.09. The minimum Gasteiger partial charge on any atom is -0.489 e. The summed E-state index contributed by atoms with van der Waals surface area (Å²) in [6, 6.07) is 20.7. The van der Waals surface area contributed by atoms with E-state index in [0.29, 0.717) is 27.8 Å². The van der Waals surface area contributed by atoms with Gasteiger partial charge in [-0.2, -0.15) is 0 Å². The third-order valence-corrected chi connectivity index (χ3v) is 5.82. The van der Waals surface area contributed by atoms with Gasteiger partial charge in [-0.25, -0.2) is 4.39 Å². The largest absolute Gasteiger partial charge is 0.489 e. The second kappa shape index (κ2) is 9.37. The first-order valence-corrected chi connectivity index (χ1v) is 10.6. The number of hydrogen-bond acceptors (Lipinski definition) is 4. The maximum absolute atomic E-state index is 13.9. The minimum atomic E-state index is -0.445. The van der Waals surface area contributed by atoms with Gasteiger partial charge in [-0.3, -0.25) is 14.5 Å². The van der Waals surface area contributed by atoms with Gasteiger partial charge >= 0.3 is 0 Å². The molecule has 0 bridgehead atoms. The first kappa shape index (κ1) is 21.2. The molecule has 0 aromatic heterocycles. The van der Waals surface area contributed by atoms with Crippen LogP contribution in [0.1, 0.15) is 16.7 Å². The van der Waals surface area contributed by atoms with Crippen LogP contribution < -0.4 is 4.74 Å². The van der Waals surface area contributed by atoms with Crippen LogP contribution in [0.2, 0.25) is 5.02 Å². The fourth-order valence-electron chi connectivity index (χ4n) is 2.99. The molecule has 0 N–H and O–H groups in total. The maximum Gasteiger partial charge on any atom is 0.293 e. The van der Waals surface area contributed by atoms with Crippen molar-refractivity contribution < 1.29 is 18.7 Å². The van der Waals surface area contributed by atoms with Crippen molar-refractivity contribution in [3.05, 3.63) is 105 Å². The highest BCUT2D eigenvalue weighted by molar-refractivity contribution is 8.18. The fraction of sp³-hybridized carbons (Fsp3) is 0.0833. The van der Waals surface area contributed by atoms with Crippen LogP contribution in [0.25, 0.3) is 6.08 Å². The molecular weight excluding hydrogens is 437 g/mol. The van der Waals surface area contributed by atoms with Gasteiger partial charge in [0.2, 0.25) is 0 Å². The maximum atomic E-state index is 13.9. The van der Waals surface area contributed by atoms with E-state index in [1.807, 2.05) is 36.4 Å². The van der Waals surface area contributed by atoms with Crippen LogP contribution in [-0.4, -0.2) is 16.0 Å². The van der Waals surface area contributed by atoms with Crippen molar-refractivity contribution in [3.8, 4) is 5.75 Å². The normalized spacial score (nSPS) is 15.0. The molecule has 31 heavy (non-hydrogen) atoms. The summed E-state index contributed by atoms with van der Waals surface area (Å²) in [5.74, 6) is -0.194. The van der Waals surface area contributed by atoms with Gasteiger partial charge in [0.25, 0.3) is 11.1 Å². The van der Waals surface area contributed by atoms with E-state index in [0.717, 1.165) is 27.8 Å². The number of amides is 2. The van der Waals surface area contributed by atoms with Crippen molar-refractivity contribution >= 4 is 40.6 Å². The van der Waals surface area contributed by atoms with Gasteiger partial charge in [-0.1, -0.05) is 54.1 Å².